The fraction of sp³-hybridized carbons (Fsp3) is 0.250. The average molecular weight is 191 g/mol. The Kier molecular flexibility index (Phi) is 2.77. The summed E-state index contributed by atoms with van der Waals surface area (Å²) in [6.07, 6.45) is -0.522. The molecule has 0 aromatic heterocycles. The predicted octanol–water partition coefficient (Wildman–Crippen LogP) is 3.05. The van der Waals surface area contributed by atoms with E-state index in [9.17, 15) is 0 Å². The number of halogens is 2. The van der Waals surface area contributed by atoms with Gasteiger partial charge in [-0.1, -0.05) is 23.2 Å². The highest BCUT2D eigenvalue weighted by Gasteiger charge is 2.02. The molecule has 0 heterocycles. The molecule has 0 aliphatic heterocycles. The van der Waals surface area contributed by atoms with Gasteiger partial charge in [0.1, 0.15) is 0 Å². The van der Waals surface area contributed by atoms with Crippen LogP contribution in [0.5, 0.6) is 0 Å². The summed E-state index contributed by atoms with van der Waals surface area (Å²) in [5.74, 6) is 0. The third kappa shape index (κ3) is 2.37. The van der Waals surface area contributed by atoms with Gasteiger partial charge in [0, 0.05) is 10.0 Å². The molecule has 0 fully saturated rings. The molecule has 0 radical (unpaired) electrons. The first-order valence-electron chi connectivity index (χ1n) is 3.23. The quantitative estimate of drug-likeness (QED) is 0.723. The molecular weight excluding hydrogens is 183 g/mol. The highest BCUT2D eigenvalue weighted by molar-refractivity contribution is 6.34. The van der Waals surface area contributed by atoms with Crippen LogP contribution in [0.15, 0.2) is 18.2 Å². The maximum Gasteiger partial charge on any atom is 0.0762 e. The zero-order valence-electron chi connectivity index (χ0n) is 6.01. The largest absolute Gasteiger partial charge is 0.389 e. The molecule has 1 nitrogen and oxygen atoms in total. The van der Waals surface area contributed by atoms with Gasteiger partial charge < -0.3 is 5.11 Å². The van der Waals surface area contributed by atoms with Crippen molar-refractivity contribution in [3.05, 3.63) is 33.8 Å². The Morgan fingerprint density at radius 2 is 1.64 bits per heavy atom. The first-order valence-corrected chi connectivity index (χ1v) is 3.99. The van der Waals surface area contributed by atoms with Crippen LogP contribution in [0.1, 0.15) is 18.6 Å². The van der Waals surface area contributed by atoms with Crippen LogP contribution in [0, 0.1) is 0 Å². The van der Waals surface area contributed by atoms with Crippen LogP contribution in [-0.4, -0.2) is 5.11 Å². The molecular formula is C8H8Cl2O. The van der Waals surface area contributed by atoms with Crippen molar-refractivity contribution < 1.29 is 5.11 Å². The molecule has 60 valence electrons. The Hall–Kier alpha value is -0.240. The molecule has 0 aliphatic rings. The van der Waals surface area contributed by atoms with E-state index in [-0.39, 0.29) is 0 Å². The standard InChI is InChI=1S/C8H8Cl2O/c1-5(11)6-2-7(9)4-8(10)3-6/h2-5,11H,1H3/t5-/m0/s1. The molecule has 1 atom stereocenters. The van der Waals surface area contributed by atoms with E-state index < -0.39 is 6.10 Å². The smallest absolute Gasteiger partial charge is 0.0762 e. The van der Waals surface area contributed by atoms with E-state index in [1.165, 1.54) is 0 Å². The van der Waals surface area contributed by atoms with Gasteiger partial charge in [0.15, 0.2) is 0 Å². The molecule has 1 N–H and O–H groups in total. The van der Waals surface area contributed by atoms with Crippen LogP contribution < -0.4 is 0 Å². The van der Waals surface area contributed by atoms with Crippen molar-refractivity contribution in [3.63, 3.8) is 0 Å². The van der Waals surface area contributed by atoms with E-state index in [1.54, 1.807) is 25.1 Å². The Balaban J connectivity index is 3.08. The van der Waals surface area contributed by atoms with Crippen LogP contribution in [0.2, 0.25) is 10.0 Å². The van der Waals surface area contributed by atoms with Crippen LogP contribution in [0.25, 0.3) is 0 Å². The Labute approximate surface area is 75.6 Å². The van der Waals surface area contributed by atoms with Gasteiger partial charge in [-0.05, 0) is 30.7 Å². The van der Waals surface area contributed by atoms with Crippen molar-refractivity contribution in [2.45, 2.75) is 13.0 Å². The Morgan fingerprint density at radius 3 is 2.00 bits per heavy atom. The number of aliphatic hydroxyl groups excluding tert-OH is 1. The van der Waals surface area contributed by atoms with Crippen molar-refractivity contribution in [3.8, 4) is 0 Å². The van der Waals surface area contributed by atoms with Crippen molar-refractivity contribution in [1.82, 2.24) is 0 Å². The Morgan fingerprint density at radius 1 is 1.18 bits per heavy atom. The minimum Gasteiger partial charge on any atom is -0.389 e. The molecule has 0 spiro atoms. The zero-order chi connectivity index (χ0) is 8.43. The molecule has 1 rings (SSSR count). The minimum atomic E-state index is -0.522. The normalized spacial score (nSPS) is 13.1. The molecule has 1 aromatic rings. The minimum absolute atomic E-state index is 0.522. The molecule has 0 unspecified atom stereocenters. The van der Waals surface area contributed by atoms with E-state index in [0.29, 0.717) is 10.0 Å². The number of hydrogen-bond acceptors (Lipinski definition) is 1. The molecule has 11 heavy (non-hydrogen) atoms. The average Bonchev–Trinajstić information content (AvgIpc) is 1.85. The summed E-state index contributed by atoms with van der Waals surface area (Å²) in [7, 11) is 0. The molecule has 1 aromatic carbocycles. The molecule has 0 amide bonds. The summed E-state index contributed by atoms with van der Waals surface area (Å²) in [4.78, 5) is 0. The van der Waals surface area contributed by atoms with Gasteiger partial charge in [-0.2, -0.15) is 0 Å². The van der Waals surface area contributed by atoms with Gasteiger partial charge in [-0.3, -0.25) is 0 Å². The third-order valence-corrected chi connectivity index (χ3v) is 1.80. The van der Waals surface area contributed by atoms with Crippen LogP contribution in [0.4, 0.5) is 0 Å². The van der Waals surface area contributed by atoms with E-state index in [4.69, 9.17) is 28.3 Å². The zero-order valence-corrected chi connectivity index (χ0v) is 7.52. The van der Waals surface area contributed by atoms with Gasteiger partial charge in [-0.25, -0.2) is 0 Å². The van der Waals surface area contributed by atoms with Crippen molar-refractivity contribution in [1.29, 1.82) is 0 Å². The summed E-state index contributed by atoms with van der Waals surface area (Å²) < 4.78 is 0. The van der Waals surface area contributed by atoms with Gasteiger partial charge in [-0.15, -0.1) is 0 Å². The van der Waals surface area contributed by atoms with E-state index in [2.05, 4.69) is 0 Å². The molecule has 0 aliphatic carbocycles. The lowest BCUT2D eigenvalue weighted by Gasteiger charge is -2.04. The second kappa shape index (κ2) is 3.44. The van der Waals surface area contributed by atoms with Crippen LogP contribution in [0.3, 0.4) is 0 Å². The van der Waals surface area contributed by atoms with Crippen LogP contribution >= 0.6 is 23.2 Å². The highest BCUT2D eigenvalue weighted by atomic mass is 35.5. The van der Waals surface area contributed by atoms with Gasteiger partial charge in [0.2, 0.25) is 0 Å². The van der Waals surface area contributed by atoms with Crippen molar-refractivity contribution >= 4 is 23.2 Å². The first kappa shape index (κ1) is 8.85. The number of rotatable bonds is 1. The first-order chi connectivity index (χ1) is 5.09. The third-order valence-electron chi connectivity index (χ3n) is 1.37. The number of hydrogen-bond donors (Lipinski definition) is 1. The fourth-order valence-corrected chi connectivity index (χ4v) is 1.36. The lowest BCUT2D eigenvalue weighted by atomic mass is 10.1. The van der Waals surface area contributed by atoms with E-state index >= 15 is 0 Å². The number of benzene rings is 1. The van der Waals surface area contributed by atoms with Gasteiger partial charge in [0.05, 0.1) is 6.10 Å². The molecule has 0 saturated carbocycles. The topological polar surface area (TPSA) is 20.2 Å². The highest BCUT2D eigenvalue weighted by Crippen LogP contribution is 2.22. The van der Waals surface area contributed by atoms with E-state index in [1.807, 2.05) is 0 Å². The molecule has 0 bridgehead atoms. The van der Waals surface area contributed by atoms with Crippen molar-refractivity contribution in [2.75, 3.05) is 0 Å². The predicted molar refractivity (Wildman–Crippen MR) is 47.1 cm³/mol. The molecule has 3 heteroatoms. The maximum absolute atomic E-state index is 9.16. The summed E-state index contributed by atoms with van der Waals surface area (Å²) in [5.41, 5.74) is 0.738. The van der Waals surface area contributed by atoms with Gasteiger partial charge in [0.25, 0.3) is 0 Å². The number of aliphatic hydroxyl groups is 1. The lowest BCUT2D eigenvalue weighted by Crippen LogP contribution is -1.89. The summed E-state index contributed by atoms with van der Waals surface area (Å²) in [6.45, 7) is 1.67. The molecule has 0 saturated heterocycles. The van der Waals surface area contributed by atoms with E-state index in [0.717, 1.165) is 5.56 Å². The summed E-state index contributed by atoms with van der Waals surface area (Å²) in [6, 6.07) is 5.02. The monoisotopic (exact) mass is 190 g/mol. The second-order valence-electron chi connectivity index (χ2n) is 2.38. The summed E-state index contributed by atoms with van der Waals surface area (Å²) >= 11 is 11.4. The van der Waals surface area contributed by atoms with Gasteiger partial charge >= 0.3 is 0 Å². The SMILES string of the molecule is C[C@H](O)c1cc(Cl)cc(Cl)c1. The maximum atomic E-state index is 9.16. The lowest BCUT2D eigenvalue weighted by molar-refractivity contribution is 0.199. The summed E-state index contributed by atoms with van der Waals surface area (Å²) in [5, 5.41) is 10.3. The fourth-order valence-electron chi connectivity index (χ4n) is 0.816. The Bertz CT molecular complexity index is 238. The van der Waals surface area contributed by atoms with Crippen molar-refractivity contribution in [2.24, 2.45) is 0 Å². The van der Waals surface area contributed by atoms with Crippen LogP contribution in [-0.2, 0) is 0 Å². The second-order valence-corrected chi connectivity index (χ2v) is 3.25.